The van der Waals surface area contributed by atoms with E-state index in [9.17, 15) is 4.79 Å². The monoisotopic (exact) mass is 267 g/mol. The van der Waals surface area contributed by atoms with Gasteiger partial charge in [-0.25, -0.2) is 0 Å². The van der Waals surface area contributed by atoms with Crippen molar-refractivity contribution in [3.8, 4) is 0 Å². The Morgan fingerprint density at radius 2 is 2.20 bits per heavy atom. The summed E-state index contributed by atoms with van der Waals surface area (Å²) in [4.78, 5) is 16.3. The Labute approximate surface area is 115 Å². The third kappa shape index (κ3) is 2.07. The minimum atomic E-state index is -0.338. The smallest absolute Gasteiger partial charge is 0.278 e. The van der Waals surface area contributed by atoms with Gasteiger partial charge in [-0.15, -0.1) is 0 Å². The summed E-state index contributed by atoms with van der Waals surface area (Å²) in [6, 6.07) is 9.29. The number of nitrogens with one attached hydrogen (secondary N) is 2. The number of carbonyl (C=O) groups excluding carboxylic acids is 1. The minimum Gasteiger partial charge on any atom is -0.395 e. The summed E-state index contributed by atoms with van der Waals surface area (Å²) in [5.41, 5.74) is 8.58. The number of aryl methyl sites for hydroxylation is 1. The number of amides is 1. The Hall–Kier alpha value is -2.89. The number of fused-ring (bicyclic) bond motifs is 1. The zero-order valence-corrected chi connectivity index (χ0v) is 10.8. The second-order valence-corrected chi connectivity index (χ2v) is 4.48. The van der Waals surface area contributed by atoms with Crippen LogP contribution in [0.5, 0.6) is 0 Å². The Balaban J connectivity index is 1.89. The van der Waals surface area contributed by atoms with E-state index in [1.54, 1.807) is 19.2 Å². The van der Waals surface area contributed by atoms with Crippen LogP contribution in [0.25, 0.3) is 10.9 Å². The lowest BCUT2D eigenvalue weighted by Gasteiger charge is -2.05. The number of hydrogen-bond acceptors (Lipinski definition) is 4. The summed E-state index contributed by atoms with van der Waals surface area (Å²) in [6.45, 7) is 1.76. The van der Waals surface area contributed by atoms with E-state index in [0.717, 1.165) is 10.9 Å². The molecule has 6 nitrogen and oxygen atoms in total. The van der Waals surface area contributed by atoms with Gasteiger partial charge in [0.1, 0.15) is 0 Å². The second kappa shape index (κ2) is 4.65. The molecule has 3 aromatic rings. The lowest BCUT2D eigenvalue weighted by Crippen LogP contribution is -2.14. The molecule has 1 amide bonds. The number of rotatable bonds is 2. The highest BCUT2D eigenvalue weighted by Crippen LogP contribution is 2.19. The van der Waals surface area contributed by atoms with Crippen molar-refractivity contribution >= 4 is 28.2 Å². The van der Waals surface area contributed by atoms with Gasteiger partial charge in [0, 0.05) is 17.3 Å². The molecule has 0 radical (unpaired) electrons. The van der Waals surface area contributed by atoms with E-state index in [0.29, 0.717) is 17.1 Å². The van der Waals surface area contributed by atoms with Gasteiger partial charge >= 0.3 is 0 Å². The predicted molar refractivity (Wildman–Crippen MR) is 77.4 cm³/mol. The number of H-pyrrole nitrogens is 1. The first kappa shape index (κ1) is 12.2. The highest BCUT2D eigenvalue weighted by Gasteiger charge is 2.15. The third-order valence-corrected chi connectivity index (χ3v) is 3.07. The highest BCUT2D eigenvalue weighted by molar-refractivity contribution is 6.07. The van der Waals surface area contributed by atoms with Crippen LogP contribution < -0.4 is 11.1 Å². The molecule has 6 heteroatoms. The summed E-state index contributed by atoms with van der Waals surface area (Å²) in [7, 11) is 0. The summed E-state index contributed by atoms with van der Waals surface area (Å²) in [6.07, 6.45) is 1.73. The Morgan fingerprint density at radius 3 is 2.95 bits per heavy atom. The highest BCUT2D eigenvalue weighted by atomic mass is 16.2. The van der Waals surface area contributed by atoms with Gasteiger partial charge in [0.05, 0.1) is 16.9 Å². The normalized spacial score (nSPS) is 10.7. The van der Waals surface area contributed by atoms with Gasteiger partial charge in [-0.1, -0.05) is 6.07 Å². The average molecular weight is 267 g/mol. The SMILES string of the molecule is Cc1[nH]nc(C(=O)Nc2ccc3ncccc3c2)c1N. The second-order valence-electron chi connectivity index (χ2n) is 4.48. The van der Waals surface area contributed by atoms with Gasteiger partial charge in [0.25, 0.3) is 5.91 Å². The summed E-state index contributed by atoms with van der Waals surface area (Å²) < 4.78 is 0. The molecule has 0 fully saturated rings. The van der Waals surface area contributed by atoms with E-state index in [4.69, 9.17) is 5.73 Å². The maximum absolute atomic E-state index is 12.1. The molecular formula is C14H13N5O. The molecular weight excluding hydrogens is 254 g/mol. The standard InChI is InChI=1S/C14H13N5O/c1-8-12(15)13(19-18-8)14(20)17-10-4-5-11-9(7-10)3-2-6-16-11/h2-7H,15H2,1H3,(H,17,20)(H,18,19). The fourth-order valence-electron chi connectivity index (χ4n) is 1.95. The van der Waals surface area contributed by atoms with Crippen LogP contribution in [0, 0.1) is 6.92 Å². The number of aromatic nitrogens is 3. The Morgan fingerprint density at radius 1 is 1.35 bits per heavy atom. The summed E-state index contributed by atoms with van der Waals surface area (Å²) in [5.74, 6) is -0.338. The molecule has 2 heterocycles. The van der Waals surface area contributed by atoms with E-state index < -0.39 is 0 Å². The van der Waals surface area contributed by atoms with Crippen LogP contribution in [-0.2, 0) is 0 Å². The zero-order valence-electron chi connectivity index (χ0n) is 10.8. The third-order valence-electron chi connectivity index (χ3n) is 3.07. The number of nitrogen functional groups attached to an aromatic ring is 1. The molecule has 0 aliphatic carbocycles. The van der Waals surface area contributed by atoms with Crippen LogP contribution in [0.15, 0.2) is 36.5 Å². The molecule has 0 atom stereocenters. The molecule has 4 N–H and O–H groups in total. The lowest BCUT2D eigenvalue weighted by atomic mass is 10.2. The number of nitrogens with zero attached hydrogens (tertiary/aromatic N) is 2. The van der Waals surface area contributed by atoms with Crippen molar-refractivity contribution in [2.24, 2.45) is 0 Å². The van der Waals surface area contributed by atoms with Crippen molar-refractivity contribution < 1.29 is 4.79 Å². The fourth-order valence-corrected chi connectivity index (χ4v) is 1.95. The molecule has 20 heavy (non-hydrogen) atoms. The van der Waals surface area contributed by atoms with Crippen LogP contribution >= 0.6 is 0 Å². The number of benzene rings is 1. The number of aromatic amines is 1. The van der Waals surface area contributed by atoms with E-state index in [1.807, 2.05) is 24.3 Å². The molecule has 0 aliphatic rings. The molecule has 2 aromatic heterocycles. The van der Waals surface area contributed by atoms with Gasteiger partial charge in [-0.3, -0.25) is 14.9 Å². The van der Waals surface area contributed by atoms with Crippen LogP contribution in [-0.4, -0.2) is 21.1 Å². The predicted octanol–water partition coefficient (Wildman–Crippen LogP) is 2.10. The van der Waals surface area contributed by atoms with Gasteiger partial charge in [-0.05, 0) is 31.2 Å². The first-order chi connectivity index (χ1) is 9.65. The van der Waals surface area contributed by atoms with Gasteiger partial charge in [0.2, 0.25) is 0 Å². The van der Waals surface area contributed by atoms with Gasteiger partial charge in [-0.2, -0.15) is 5.10 Å². The van der Waals surface area contributed by atoms with Crippen LogP contribution in [0.3, 0.4) is 0 Å². The number of carbonyl (C=O) groups is 1. The van der Waals surface area contributed by atoms with Crippen molar-refractivity contribution in [3.05, 3.63) is 47.9 Å². The number of hydrogen-bond donors (Lipinski definition) is 3. The molecule has 100 valence electrons. The zero-order chi connectivity index (χ0) is 14.1. The van der Waals surface area contributed by atoms with E-state index in [-0.39, 0.29) is 11.6 Å². The molecule has 0 saturated carbocycles. The summed E-state index contributed by atoms with van der Waals surface area (Å²) in [5, 5.41) is 10.3. The van der Waals surface area contributed by atoms with E-state index in [2.05, 4.69) is 20.5 Å². The first-order valence-corrected chi connectivity index (χ1v) is 6.12. The summed E-state index contributed by atoms with van der Waals surface area (Å²) >= 11 is 0. The maximum Gasteiger partial charge on any atom is 0.278 e. The Kier molecular flexibility index (Phi) is 2.83. The molecule has 0 bridgehead atoms. The molecule has 3 rings (SSSR count). The van der Waals surface area contributed by atoms with Crippen LogP contribution in [0.1, 0.15) is 16.2 Å². The van der Waals surface area contributed by atoms with Crippen molar-refractivity contribution in [2.75, 3.05) is 11.1 Å². The van der Waals surface area contributed by atoms with Gasteiger partial charge < -0.3 is 11.1 Å². The number of pyridine rings is 1. The van der Waals surface area contributed by atoms with Crippen molar-refractivity contribution in [2.45, 2.75) is 6.92 Å². The van der Waals surface area contributed by atoms with Crippen molar-refractivity contribution in [1.29, 1.82) is 0 Å². The minimum absolute atomic E-state index is 0.203. The Bertz CT molecular complexity index is 793. The van der Waals surface area contributed by atoms with Crippen molar-refractivity contribution in [3.63, 3.8) is 0 Å². The number of anilines is 2. The largest absolute Gasteiger partial charge is 0.395 e. The quantitative estimate of drug-likeness (QED) is 0.662. The first-order valence-electron chi connectivity index (χ1n) is 6.12. The molecule has 1 aromatic carbocycles. The van der Waals surface area contributed by atoms with Gasteiger partial charge in [0.15, 0.2) is 5.69 Å². The molecule has 0 aliphatic heterocycles. The maximum atomic E-state index is 12.1. The van der Waals surface area contributed by atoms with Crippen LogP contribution in [0.2, 0.25) is 0 Å². The molecule has 0 saturated heterocycles. The lowest BCUT2D eigenvalue weighted by molar-refractivity contribution is 0.102. The fraction of sp³-hybridized carbons (Fsp3) is 0.0714. The van der Waals surface area contributed by atoms with Crippen molar-refractivity contribution in [1.82, 2.24) is 15.2 Å². The van der Waals surface area contributed by atoms with E-state index in [1.165, 1.54) is 0 Å². The molecule has 0 spiro atoms. The average Bonchev–Trinajstić information content (AvgIpc) is 2.79. The molecule has 0 unspecified atom stereocenters. The van der Waals surface area contributed by atoms with E-state index >= 15 is 0 Å². The van der Waals surface area contributed by atoms with Crippen LogP contribution in [0.4, 0.5) is 11.4 Å². The number of nitrogens with two attached hydrogens (primary N) is 1. The topological polar surface area (TPSA) is 96.7 Å².